The molecule has 0 bridgehead atoms. The highest BCUT2D eigenvalue weighted by Gasteiger charge is 2.19. The Hall–Kier alpha value is -3.76. The molecule has 0 atom stereocenters. The van der Waals surface area contributed by atoms with Crippen LogP contribution in [-0.2, 0) is 11.3 Å². The fourth-order valence-electron chi connectivity index (χ4n) is 3.99. The number of amides is 1. The number of likely N-dealkylation sites (tertiary alicyclic amines) is 1. The highest BCUT2D eigenvalue weighted by Crippen LogP contribution is 2.21. The number of nitriles is 1. The molecule has 7 nitrogen and oxygen atoms in total. The first-order valence-corrected chi connectivity index (χ1v) is 11.3. The fourth-order valence-corrected chi connectivity index (χ4v) is 3.99. The first kappa shape index (κ1) is 22.4. The van der Waals surface area contributed by atoms with Crippen molar-refractivity contribution in [3.05, 3.63) is 77.6 Å². The molecule has 1 aliphatic rings. The summed E-state index contributed by atoms with van der Waals surface area (Å²) in [6.45, 7) is 3.88. The molecule has 0 aliphatic carbocycles. The number of nitrogens with zero attached hydrogens (tertiary/aromatic N) is 4. The molecule has 0 unspecified atom stereocenters. The van der Waals surface area contributed by atoms with Crippen LogP contribution in [0.1, 0.15) is 36.2 Å². The smallest absolute Gasteiger partial charge is 0.258 e. The summed E-state index contributed by atoms with van der Waals surface area (Å²) in [6, 6.07) is 19.5. The third kappa shape index (κ3) is 6.61. The van der Waals surface area contributed by atoms with Gasteiger partial charge >= 0.3 is 0 Å². The van der Waals surface area contributed by atoms with Crippen LogP contribution < -0.4 is 5.32 Å². The van der Waals surface area contributed by atoms with Crippen LogP contribution in [0.25, 0.3) is 17.5 Å². The third-order valence-corrected chi connectivity index (χ3v) is 5.89. The minimum absolute atomic E-state index is 0.166. The average molecular weight is 442 g/mol. The molecule has 4 rings (SSSR count). The van der Waals surface area contributed by atoms with Gasteiger partial charge in [0, 0.05) is 24.7 Å². The molecule has 0 radical (unpaired) electrons. The van der Waals surface area contributed by atoms with Gasteiger partial charge in [0.25, 0.3) is 5.89 Å². The van der Waals surface area contributed by atoms with Gasteiger partial charge in [0.05, 0.1) is 11.6 Å². The number of carbonyl (C=O) groups excluding carboxylic acids is 1. The van der Waals surface area contributed by atoms with E-state index in [1.807, 2.05) is 0 Å². The van der Waals surface area contributed by atoms with Crippen LogP contribution in [0.5, 0.6) is 0 Å². The first-order chi connectivity index (χ1) is 16.2. The molecule has 1 fully saturated rings. The lowest BCUT2D eigenvalue weighted by Gasteiger charge is -2.32. The molecule has 1 aromatic heterocycles. The van der Waals surface area contributed by atoms with Gasteiger partial charge in [0.15, 0.2) is 5.82 Å². The van der Waals surface area contributed by atoms with Crippen molar-refractivity contribution in [2.24, 2.45) is 5.92 Å². The van der Waals surface area contributed by atoms with E-state index in [1.54, 1.807) is 24.3 Å². The fraction of sp³-hybridized carbons (Fsp3) is 0.308. The van der Waals surface area contributed by atoms with Gasteiger partial charge in [0.2, 0.25) is 5.91 Å². The molecule has 1 N–H and O–H groups in total. The molecule has 1 saturated heterocycles. The summed E-state index contributed by atoms with van der Waals surface area (Å²) < 4.78 is 5.23. The second-order valence-electron chi connectivity index (χ2n) is 8.27. The maximum atomic E-state index is 12.1. The van der Waals surface area contributed by atoms with Crippen molar-refractivity contribution in [3.8, 4) is 17.5 Å². The van der Waals surface area contributed by atoms with E-state index in [-0.39, 0.29) is 5.91 Å². The number of rotatable bonds is 8. The molecule has 3 aromatic rings. The van der Waals surface area contributed by atoms with Crippen molar-refractivity contribution in [1.82, 2.24) is 20.4 Å². The third-order valence-electron chi connectivity index (χ3n) is 5.89. The molecule has 2 aromatic carbocycles. The predicted octanol–water partition coefficient (Wildman–Crippen LogP) is 4.04. The Morgan fingerprint density at radius 3 is 2.64 bits per heavy atom. The van der Waals surface area contributed by atoms with Crippen LogP contribution in [0.4, 0.5) is 0 Å². The van der Waals surface area contributed by atoms with E-state index in [1.165, 1.54) is 30.6 Å². The topological polar surface area (TPSA) is 95.0 Å². The Bertz CT molecular complexity index is 1110. The normalized spacial score (nSPS) is 14.9. The molecule has 1 aliphatic heterocycles. The molecule has 0 saturated carbocycles. The van der Waals surface area contributed by atoms with Crippen molar-refractivity contribution in [2.75, 3.05) is 19.6 Å². The molecule has 2 heterocycles. The zero-order valence-electron chi connectivity index (χ0n) is 18.5. The van der Waals surface area contributed by atoms with E-state index >= 15 is 0 Å². The Morgan fingerprint density at radius 2 is 1.91 bits per heavy atom. The summed E-state index contributed by atoms with van der Waals surface area (Å²) in [6.07, 6.45) is 6.28. The molecule has 168 valence electrons. The quantitative estimate of drug-likeness (QED) is 0.530. The molecule has 1 amide bonds. The monoisotopic (exact) mass is 441 g/mol. The number of piperidine rings is 1. The largest absolute Gasteiger partial charge is 0.353 e. The summed E-state index contributed by atoms with van der Waals surface area (Å²) in [4.78, 5) is 18.9. The highest BCUT2D eigenvalue weighted by atomic mass is 16.5. The van der Waals surface area contributed by atoms with Crippen LogP contribution in [0, 0.1) is 17.2 Å². The van der Waals surface area contributed by atoms with Gasteiger partial charge in [-0.1, -0.05) is 35.5 Å². The maximum Gasteiger partial charge on any atom is 0.258 e. The molecule has 33 heavy (non-hydrogen) atoms. The Labute approximate surface area is 193 Å². The van der Waals surface area contributed by atoms with Gasteiger partial charge in [0.1, 0.15) is 0 Å². The van der Waals surface area contributed by atoms with Gasteiger partial charge in [-0.15, -0.1) is 0 Å². The van der Waals surface area contributed by atoms with E-state index in [9.17, 15) is 4.79 Å². The number of carbonyl (C=O) groups is 1. The second-order valence-corrected chi connectivity index (χ2v) is 8.27. The number of aromatic nitrogens is 2. The lowest BCUT2D eigenvalue weighted by molar-refractivity contribution is -0.116. The Kier molecular flexibility index (Phi) is 7.62. The minimum atomic E-state index is -0.166. The van der Waals surface area contributed by atoms with E-state index in [2.05, 4.69) is 56.8 Å². The second kappa shape index (κ2) is 11.2. The van der Waals surface area contributed by atoms with Crippen molar-refractivity contribution in [3.63, 3.8) is 0 Å². The first-order valence-electron chi connectivity index (χ1n) is 11.3. The van der Waals surface area contributed by atoms with Crippen LogP contribution in [-0.4, -0.2) is 40.6 Å². The summed E-state index contributed by atoms with van der Waals surface area (Å²) in [5, 5.41) is 15.7. The number of hydrogen-bond donors (Lipinski definition) is 1. The predicted molar refractivity (Wildman–Crippen MR) is 126 cm³/mol. The highest BCUT2D eigenvalue weighted by molar-refractivity contribution is 5.91. The van der Waals surface area contributed by atoms with Crippen LogP contribution in [0.15, 0.2) is 65.2 Å². The van der Waals surface area contributed by atoms with Crippen LogP contribution in [0.3, 0.4) is 0 Å². The van der Waals surface area contributed by atoms with Crippen molar-refractivity contribution < 1.29 is 9.32 Å². The molecule has 7 heteroatoms. The van der Waals surface area contributed by atoms with Gasteiger partial charge in [-0.25, -0.2) is 0 Å². The van der Waals surface area contributed by atoms with E-state index < -0.39 is 0 Å². The summed E-state index contributed by atoms with van der Waals surface area (Å²) in [7, 11) is 0. The number of benzene rings is 2. The lowest BCUT2D eigenvalue weighted by atomic mass is 9.93. The maximum absolute atomic E-state index is 12.1. The van der Waals surface area contributed by atoms with Crippen LogP contribution >= 0.6 is 0 Å². The Morgan fingerprint density at radius 1 is 1.15 bits per heavy atom. The van der Waals surface area contributed by atoms with E-state index in [0.29, 0.717) is 29.7 Å². The van der Waals surface area contributed by atoms with E-state index in [4.69, 9.17) is 9.78 Å². The standard InChI is InChI=1S/C26H27N5O2/c27-18-21-6-8-23(9-7-21)26-29-24(30-33-26)10-11-25(32)28-15-12-20-13-16-31(17-14-20)19-22-4-2-1-3-5-22/h1-11,20H,12-17,19H2,(H,28,32). The lowest BCUT2D eigenvalue weighted by Crippen LogP contribution is -2.34. The van der Waals surface area contributed by atoms with Gasteiger partial charge in [-0.05, 0) is 74.2 Å². The molecule has 0 spiro atoms. The van der Waals surface area contributed by atoms with E-state index in [0.717, 1.165) is 31.6 Å². The minimum Gasteiger partial charge on any atom is -0.353 e. The van der Waals surface area contributed by atoms with Crippen molar-refractivity contribution >= 4 is 12.0 Å². The SMILES string of the molecule is N#Cc1ccc(-c2nc(C=CC(=O)NCCC3CCN(Cc4ccccc4)CC3)no2)cc1. The van der Waals surface area contributed by atoms with Gasteiger partial charge in [-0.3, -0.25) is 9.69 Å². The van der Waals surface area contributed by atoms with Gasteiger partial charge < -0.3 is 9.84 Å². The van der Waals surface area contributed by atoms with Crippen molar-refractivity contribution in [1.29, 1.82) is 5.26 Å². The average Bonchev–Trinajstić information content (AvgIpc) is 3.34. The number of nitrogens with one attached hydrogen (secondary N) is 1. The zero-order chi connectivity index (χ0) is 22.9. The Balaban J connectivity index is 1.16. The number of hydrogen-bond acceptors (Lipinski definition) is 6. The summed E-state index contributed by atoms with van der Waals surface area (Å²) in [5.41, 5.74) is 2.65. The summed E-state index contributed by atoms with van der Waals surface area (Å²) >= 11 is 0. The summed E-state index contributed by atoms with van der Waals surface area (Å²) in [5.74, 6) is 1.16. The van der Waals surface area contributed by atoms with Gasteiger partial charge in [-0.2, -0.15) is 10.2 Å². The zero-order valence-corrected chi connectivity index (χ0v) is 18.5. The van der Waals surface area contributed by atoms with Crippen molar-refractivity contribution in [2.45, 2.75) is 25.8 Å². The molecular weight excluding hydrogens is 414 g/mol. The van der Waals surface area contributed by atoms with Crippen LogP contribution in [0.2, 0.25) is 0 Å². The molecular formula is C26H27N5O2.